The average Bonchev–Trinajstić information content (AvgIpc) is 2.12. The second kappa shape index (κ2) is 5.42. The first-order valence-corrected chi connectivity index (χ1v) is 6.30. The lowest BCUT2D eigenvalue weighted by Gasteiger charge is -2.12. The molecule has 0 N–H and O–H groups in total. The number of thiol groups is 2. The van der Waals surface area contributed by atoms with Gasteiger partial charge in [-0.1, -0.05) is 34.8 Å². The van der Waals surface area contributed by atoms with Crippen LogP contribution in [0.5, 0.6) is 0 Å². The van der Waals surface area contributed by atoms with E-state index in [9.17, 15) is 0 Å². The molecule has 0 spiro atoms. The van der Waals surface area contributed by atoms with Crippen molar-refractivity contribution in [1.82, 2.24) is 0 Å². The molecule has 0 saturated heterocycles. The van der Waals surface area contributed by atoms with Crippen molar-refractivity contribution in [3.63, 3.8) is 0 Å². The first-order valence-electron chi connectivity index (χ1n) is 3.58. The molecule has 1 unspecified atom stereocenters. The van der Waals surface area contributed by atoms with Crippen LogP contribution in [0.4, 0.5) is 0 Å². The van der Waals surface area contributed by atoms with Crippen molar-refractivity contribution < 1.29 is 0 Å². The highest BCUT2D eigenvalue weighted by Crippen LogP contribution is 2.40. The Balaban J connectivity index is 3.42. The van der Waals surface area contributed by atoms with Gasteiger partial charge in [0, 0.05) is 16.9 Å². The molecule has 6 heteroatoms. The van der Waals surface area contributed by atoms with Crippen molar-refractivity contribution in [2.24, 2.45) is 0 Å². The number of rotatable bonds is 2. The summed E-state index contributed by atoms with van der Waals surface area (Å²) in [6.07, 6.45) is 0. The van der Waals surface area contributed by atoms with Crippen molar-refractivity contribution in [1.29, 1.82) is 0 Å². The minimum Gasteiger partial charge on any atom is -0.174 e. The van der Waals surface area contributed by atoms with Gasteiger partial charge in [0.05, 0.1) is 15.1 Å². The van der Waals surface area contributed by atoms with Gasteiger partial charge in [-0.2, -0.15) is 25.3 Å². The Bertz CT molecular complexity index is 352. The van der Waals surface area contributed by atoms with Gasteiger partial charge >= 0.3 is 0 Å². The number of halogens is 4. The molecule has 1 atom stereocenters. The minimum absolute atomic E-state index is 0.405. The summed E-state index contributed by atoms with van der Waals surface area (Å²) < 4.78 is -0.504. The van der Waals surface area contributed by atoms with Crippen LogP contribution >= 0.6 is 71.7 Å². The summed E-state index contributed by atoms with van der Waals surface area (Å²) in [4.78, 5) is 0. The highest BCUT2D eigenvalue weighted by atomic mass is 35.5. The molecule has 0 bridgehead atoms. The smallest absolute Gasteiger partial charge is 0.103 e. The Kier molecular flexibility index (Phi) is 5.09. The molecule has 0 nitrogen and oxygen atoms in total. The van der Waals surface area contributed by atoms with Crippen LogP contribution < -0.4 is 0 Å². The average molecular weight is 308 g/mol. The maximum Gasteiger partial charge on any atom is 0.103 e. The molecule has 1 aromatic rings. The van der Waals surface area contributed by atoms with E-state index >= 15 is 0 Å². The summed E-state index contributed by atoms with van der Waals surface area (Å²) in [6, 6.07) is 1.61. The van der Waals surface area contributed by atoms with E-state index in [1.807, 2.05) is 0 Å². The Hall–Kier alpha value is 1.08. The third-order valence-electron chi connectivity index (χ3n) is 1.69. The zero-order chi connectivity index (χ0) is 10.9. The van der Waals surface area contributed by atoms with Gasteiger partial charge in [-0.3, -0.25) is 0 Å². The molecule has 0 amide bonds. The highest BCUT2D eigenvalue weighted by Gasteiger charge is 2.16. The van der Waals surface area contributed by atoms with Gasteiger partial charge in [-0.05, 0) is 6.07 Å². The summed E-state index contributed by atoms with van der Waals surface area (Å²) in [6.45, 7) is 0. The fourth-order valence-electron chi connectivity index (χ4n) is 0.990. The second-order valence-electron chi connectivity index (χ2n) is 2.55. The third kappa shape index (κ3) is 2.60. The van der Waals surface area contributed by atoms with E-state index in [2.05, 4.69) is 25.3 Å². The Morgan fingerprint density at radius 2 is 1.79 bits per heavy atom. The molecular weight excluding hydrogens is 302 g/mol. The normalized spacial score (nSPS) is 13.0. The molecular formula is C8H6Cl4S2. The molecule has 0 aromatic heterocycles. The Morgan fingerprint density at radius 1 is 1.21 bits per heavy atom. The van der Waals surface area contributed by atoms with E-state index in [-0.39, 0.29) is 0 Å². The molecule has 78 valence electrons. The van der Waals surface area contributed by atoms with E-state index in [4.69, 9.17) is 46.4 Å². The van der Waals surface area contributed by atoms with Crippen molar-refractivity contribution in [2.75, 3.05) is 0 Å². The van der Waals surface area contributed by atoms with Gasteiger partial charge in [-0.25, -0.2) is 0 Å². The molecule has 0 radical (unpaired) electrons. The maximum absolute atomic E-state index is 6.06. The molecule has 0 fully saturated rings. The van der Waals surface area contributed by atoms with Crippen LogP contribution in [0, 0.1) is 0 Å². The van der Waals surface area contributed by atoms with Crippen LogP contribution in [0.15, 0.2) is 6.07 Å². The van der Waals surface area contributed by atoms with Crippen molar-refractivity contribution in [2.45, 2.75) is 10.5 Å². The van der Waals surface area contributed by atoms with Gasteiger partial charge < -0.3 is 0 Å². The summed E-state index contributed by atoms with van der Waals surface area (Å²) in [5, 5.41) is 1.31. The second-order valence-corrected chi connectivity index (χ2v) is 5.28. The number of alkyl halides is 1. The summed E-state index contributed by atoms with van der Waals surface area (Å²) in [5.41, 5.74) is 1.33. The molecule has 0 saturated carbocycles. The topological polar surface area (TPSA) is 0 Å². The monoisotopic (exact) mass is 306 g/mol. The minimum atomic E-state index is -0.504. The fraction of sp³-hybridized carbons (Fsp3) is 0.250. The van der Waals surface area contributed by atoms with Gasteiger partial charge in [0.25, 0.3) is 0 Å². The van der Waals surface area contributed by atoms with Crippen molar-refractivity contribution in [3.05, 3.63) is 32.3 Å². The lowest BCUT2D eigenvalue weighted by molar-refractivity contribution is 1.31. The maximum atomic E-state index is 6.06. The molecule has 1 rings (SSSR count). The number of hydrogen-bond donors (Lipinski definition) is 2. The lowest BCUT2D eigenvalue weighted by Crippen LogP contribution is -1.92. The Morgan fingerprint density at radius 3 is 2.21 bits per heavy atom. The van der Waals surface area contributed by atoms with Gasteiger partial charge in [0.15, 0.2) is 0 Å². The SMILES string of the molecule is SCc1c(Cl)c(Cl)cc(C(S)Cl)c1Cl. The Labute approximate surface area is 114 Å². The van der Waals surface area contributed by atoms with Gasteiger partial charge in [0.2, 0.25) is 0 Å². The summed E-state index contributed by atoms with van der Waals surface area (Å²) >= 11 is 31.9. The van der Waals surface area contributed by atoms with E-state index in [1.165, 1.54) is 0 Å². The van der Waals surface area contributed by atoms with Crippen LogP contribution in [0.2, 0.25) is 15.1 Å². The summed E-state index contributed by atoms with van der Waals surface area (Å²) in [5.74, 6) is 0.405. The fourth-order valence-corrected chi connectivity index (χ4v) is 2.82. The third-order valence-corrected chi connectivity index (χ3v) is 3.79. The predicted octanol–water partition coefficient (Wildman–Crippen LogP) is 5.24. The highest BCUT2D eigenvalue weighted by molar-refractivity contribution is 7.82. The molecule has 1 aromatic carbocycles. The molecule has 0 aliphatic carbocycles. The first kappa shape index (κ1) is 13.1. The largest absolute Gasteiger partial charge is 0.174 e. The standard InChI is InChI=1S/C8H6Cl4S2/c9-5-1-3(8(12)14)6(10)4(2-13)7(5)11/h1,8,13-14H,2H2. The van der Waals surface area contributed by atoms with Gasteiger partial charge in [0.1, 0.15) is 4.71 Å². The molecule has 0 heterocycles. The zero-order valence-electron chi connectivity index (χ0n) is 6.77. The molecule has 14 heavy (non-hydrogen) atoms. The van der Waals surface area contributed by atoms with Crippen molar-refractivity contribution in [3.8, 4) is 0 Å². The number of hydrogen-bond acceptors (Lipinski definition) is 2. The van der Waals surface area contributed by atoms with Crippen LogP contribution in [0.25, 0.3) is 0 Å². The van der Waals surface area contributed by atoms with E-state index in [0.717, 1.165) is 0 Å². The molecule has 0 aliphatic rings. The van der Waals surface area contributed by atoms with Gasteiger partial charge in [-0.15, -0.1) is 11.6 Å². The zero-order valence-corrected chi connectivity index (χ0v) is 11.6. The molecule has 0 aliphatic heterocycles. The van der Waals surface area contributed by atoms with Crippen LogP contribution in [-0.2, 0) is 5.75 Å². The summed E-state index contributed by atoms with van der Waals surface area (Å²) in [7, 11) is 0. The van der Waals surface area contributed by atoms with E-state index in [1.54, 1.807) is 6.07 Å². The lowest BCUT2D eigenvalue weighted by atomic mass is 10.1. The van der Waals surface area contributed by atoms with Crippen molar-refractivity contribution >= 4 is 71.7 Å². The first-order chi connectivity index (χ1) is 6.49. The van der Waals surface area contributed by atoms with E-state index < -0.39 is 4.71 Å². The number of benzene rings is 1. The van der Waals surface area contributed by atoms with Crippen LogP contribution in [-0.4, -0.2) is 0 Å². The van der Waals surface area contributed by atoms with Crippen LogP contribution in [0.3, 0.4) is 0 Å². The quantitative estimate of drug-likeness (QED) is 0.416. The van der Waals surface area contributed by atoms with E-state index in [0.29, 0.717) is 31.9 Å². The predicted molar refractivity (Wildman–Crippen MR) is 71.7 cm³/mol. The van der Waals surface area contributed by atoms with Crippen LogP contribution in [0.1, 0.15) is 15.8 Å².